The summed E-state index contributed by atoms with van der Waals surface area (Å²) >= 11 is 3.19. The Morgan fingerprint density at radius 1 is 1.45 bits per heavy atom. The molecule has 0 amide bonds. The Balaban J connectivity index is 2.09. The normalized spacial score (nSPS) is 11.2. The van der Waals surface area contributed by atoms with Crippen molar-refractivity contribution in [3.05, 3.63) is 56.4 Å². The Hall–Kier alpha value is -2.02. The van der Waals surface area contributed by atoms with Crippen LogP contribution in [-0.4, -0.2) is 14.7 Å². The number of benzene rings is 1. The second-order valence-corrected chi connectivity index (χ2v) is 5.28. The molecule has 3 aromatic rings. The zero-order valence-corrected chi connectivity index (χ0v) is 12.0. The second kappa shape index (κ2) is 4.82. The molecule has 2 aromatic heterocycles. The van der Waals surface area contributed by atoms with Gasteiger partial charge in [0, 0.05) is 10.0 Å². The Bertz CT molecular complexity index is 856. The van der Waals surface area contributed by atoms with Crippen LogP contribution in [0.25, 0.3) is 11.1 Å². The molecule has 2 heterocycles. The van der Waals surface area contributed by atoms with Crippen molar-refractivity contribution in [1.29, 1.82) is 0 Å². The topological polar surface area (TPSA) is 60.9 Å². The molecule has 1 aromatic carbocycles. The Morgan fingerprint density at radius 2 is 2.25 bits per heavy atom. The molecule has 0 aliphatic heterocycles. The third-order valence-electron chi connectivity index (χ3n) is 2.99. The molecule has 0 fully saturated rings. The SMILES string of the molecule is Cc1noc2ncn(Cc3ccc(Br)cc3F)c(=O)c12. The van der Waals surface area contributed by atoms with Crippen LogP contribution in [0.5, 0.6) is 0 Å². The fourth-order valence-electron chi connectivity index (χ4n) is 1.96. The largest absolute Gasteiger partial charge is 0.335 e. The molecule has 0 saturated carbocycles. The first-order chi connectivity index (χ1) is 9.56. The number of rotatable bonds is 2. The molecule has 0 atom stereocenters. The highest BCUT2D eigenvalue weighted by Crippen LogP contribution is 2.16. The van der Waals surface area contributed by atoms with E-state index in [-0.39, 0.29) is 23.6 Å². The molecular formula is C13H9BrFN3O2. The third kappa shape index (κ3) is 2.14. The van der Waals surface area contributed by atoms with Gasteiger partial charge in [-0.05, 0) is 19.1 Å². The summed E-state index contributed by atoms with van der Waals surface area (Å²) < 4.78 is 20.7. The van der Waals surface area contributed by atoms with Gasteiger partial charge in [0.2, 0.25) is 0 Å². The number of nitrogens with zero attached hydrogens (tertiary/aromatic N) is 3. The van der Waals surface area contributed by atoms with Crippen molar-refractivity contribution in [2.75, 3.05) is 0 Å². The van der Waals surface area contributed by atoms with Gasteiger partial charge in [-0.15, -0.1) is 0 Å². The molecular weight excluding hydrogens is 329 g/mol. The summed E-state index contributed by atoms with van der Waals surface area (Å²) in [6.07, 6.45) is 1.33. The maximum Gasteiger partial charge on any atom is 0.266 e. The Kier molecular flexibility index (Phi) is 3.13. The van der Waals surface area contributed by atoms with Crippen LogP contribution in [0, 0.1) is 12.7 Å². The van der Waals surface area contributed by atoms with Crippen molar-refractivity contribution in [2.45, 2.75) is 13.5 Å². The standard InChI is InChI=1S/C13H9BrFN3O2/c1-7-11-12(20-17-7)16-6-18(13(11)19)5-8-2-3-9(14)4-10(8)15/h2-4,6H,5H2,1H3. The Morgan fingerprint density at radius 3 is 3.00 bits per heavy atom. The maximum atomic E-state index is 13.8. The number of fused-ring (bicyclic) bond motifs is 1. The minimum absolute atomic E-state index is 0.103. The van der Waals surface area contributed by atoms with Crippen LogP contribution in [0.1, 0.15) is 11.3 Å². The molecule has 20 heavy (non-hydrogen) atoms. The third-order valence-corrected chi connectivity index (χ3v) is 3.48. The molecule has 5 nitrogen and oxygen atoms in total. The van der Waals surface area contributed by atoms with Gasteiger partial charge in [0.15, 0.2) is 0 Å². The maximum absolute atomic E-state index is 13.8. The first kappa shape index (κ1) is 13.0. The molecule has 0 radical (unpaired) electrons. The zero-order valence-electron chi connectivity index (χ0n) is 10.4. The lowest BCUT2D eigenvalue weighted by Gasteiger charge is -2.06. The Labute approximate surface area is 121 Å². The van der Waals surface area contributed by atoms with Crippen molar-refractivity contribution in [3.8, 4) is 0 Å². The van der Waals surface area contributed by atoms with E-state index >= 15 is 0 Å². The van der Waals surface area contributed by atoms with Gasteiger partial charge in [-0.25, -0.2) is 9.37 Å². The molecule has 0 aliphatic carbocycles. The summed E-state index contributed by atoms with van der Waals surface area (Å²) in [6.45, 7) is 1.77. The van der Waals surface area contributed by atoms with E-state index in [0.29, 0.717) is 21.1 Å². The predicted octanol–water partition coefficient (Wildman–Crippen LogP) is 2.64. The lowest BCUT2D eigenvalue weighted by atomic mass is 10.2. The van der Waals surface area contributed by atoms with E-state index in [4.69, 9.17) is 4.52 Å². The summed E-state index contributed by atoms with van der Waals surface area (Å²) in [6, 6.07) is 4.70. The number of aryl methyl sites for hydroxylation is 1. The van der Waals surface area contributed by atoms with Crippen LogP contribution >= 0.6 is 15.9 Å². The number of halogens is 2. The fraction of sp³-hybridized carbons (Fsp3) is 0.154. The molecule has 0 bridgehead atoms. The van der Waals surface area contributed by atoms with Gasteiger partial charge in [-0.2, -0.15) is 0 Å². The van der Waals surface area contributed by atoms with Gasteiger partial charge in [0.1, 0.15) is 17.5 Å². The quantitative estimate of drug-likeness (QED) is 0.721. The molecule has 102 valence electrons. The monoisotopic (exact) mass is 337 g/mol. The van der Waals surface area contributed by atoms with E-state index in [0.717, 1.165) is 0 Å². The molecule has 3 rings (SSSR count). The first-order valence-electron chi connectivity index (χ1n) is 5.81. The van der Waals surface area contributed by atoms with E-state index in [1.165, 1.54) is 17.0 Å². The summed E-state index contributed by atoms with van der Waals surface area (Å²) in [4.78, 5) is 16.3. The summed E-state index contributed by atoms with van der Waals surface area (Å²) in [7, 11) is 0. The smallest absolute Gasteiger partial charge is 0.266 e. The van der Waals surface area contributed by atoms with Gasteiger partial charge in [0.25, 0.3) is 11.3 Å². The van der Waals surface area contributed by atoms with E-state index < -0.39 is 0 Å². The lowest BCUT2D eigenvalue weighted by molar-refractivity contribution is 0.442. The van der Waals surface area contributed by atoms with Crippen LogP contribution in [0.3, 0.4) is 0 Å². The minimum Gasteiger partial charge on any atom is -0.335 e. The molecule has 0 spiro atoms. The van der Waals surface area contributed by atoms with E-state index in [9.17, 15) is 9.18 Å². The summed E-state index contributed by atoms with van der Waals surface area (Å²) in [5.41, 5.74) is 0.782. The predicted molar refractivity (Wildman–Crippen MR) is 74.0 cm³/mol. The zero-order chi connectivity index (χ0) is 14.3. The highest BCUT2D eigenvalue weighted by molar-refractivity contribution is 9.10. The van der Waals surface area contributed by atoms with Gasteiger partial charge < -0.3 is 4.52 Å². The average Bonchev–Trinajstić information content (AvgIpc) is 2.78. The van der Waals surface area contributed by atoms with Crippen LogP contribution in [0.15, 0.2) is 38.3 Å². The van der Waals surface area contributed by atoms with E-state index in [1.54, 1.807) is 19.1 Å². The molecule has 0 saturated heterocycles. The first-order valence-corrected chi connectivity index (χ1v) is 6.61. The highest BCUT2D eigenvalue weighted by atomic mass is 79.9. The number of hydrogen-bond donors (Lipinski definition) is 0. The number of hydrogen-bond acceptors (Lipinski definition) is 4. The molecule has 0 N–H and O–H groups in total. The average molecular weight is 338 g/mol. The second-order valence-electron chi connectivity index (χ2n) is 4.36. The summed E-state index contributed by atoms with van der Waals surface area (Å²) in [5, 5.41) is 4.03. The van der Waals surface area contributed by atoms with Crippen molar-refractivity contribution >= 4 is 27.0 Å². The molecule has 7 heteroatoms. The van der Waals surface area contributed by atoms with E-state index in [1.807, 2.05) is 0 Å². The van der Waals surface area contributed by atoms with Crippen molar-refractivity contribution in [2.24, 2.45) is 0 Å². The van der Waals surface area contributed by atoms with Gasteiger partial charge in [-0.1, -0.05) is 27.2 Å². The highest BCUT2D eigenvalue weighted by Gasteiger charge is 2.13. The van der Waals surface area contributed by atoms with Crippen LogP contribution < -0.4 is 5.56 Å². The van der Waals surface area contributed by atoms with Crippen molar-refractivity contribution < 1.29 is 8.91 Å². The lowest BCUT2D eigenvalue weighted by Crippen LogP contribution is -2.21. The summed E-state index contributed by atoms with van der Waals surface area (Å²) in [5.74, 6) is -0.381. The molecule has 0 unspecified atom stereocenters. The van der Waals surface area contributed by atoms with Crippen LogP contribution in [0.4, 0.5) is 4.39 Å². The van der Waals surface area contributed by atoms with Crippen LogP contribution in [0.2, 0.25) is 0 Å². The van der Waals surface area contributed by atoms with Crippen molar-refractivity contribution in [1.82, 2.24) is 14.7 Å². The fourth-order valence-corrected chi connectivity index (χ4v) is 2.29. The molecule has 0 aliphatic rings. The van der Waals surface area contributed by atoms with Gasteiger partial charge in [0.05, 0.1) is 12.2 Å². The van der Waals surface area contributed by atoms with Gasteiger partial charge in [-0.3, -0.25) is 9.36 Å². The van der Waals surface area contributed by atoms with Crippen LogP contribution in [-0.2, 0) is 6.54 Å². The van der Waals surface area contributed by atoms with Crippen molar-refractivity contribution in [3.63, 3.8) is 0 Å². The number of aromatic nitrogens is 3. The van der Waals surface area contributed by atoms with Gasteiger partial charge >= 0.3 is 0 Å². The van der Waals surface area contributed by atoms with E-state index in [2.05, 4.69) is 26.1 Å². The minimum atomic E-state index is -0.381.